The predicted octanol–water partition coefficient (Wildman–Crippen LogP) is 4.00. The predicted molar refractivity (Wildman–Crippen MR) is 100 cm³/mol. The number of para-hydroxylation sites is 1. The zero-order valence-corrected chi connectivity index (χ0v) is 13.7. The summed E-state index contributed by atoms with van der Waals surface area (Å²) in [6.45, 7) is 1.53. The van der Waals surface area contributed by atoms with Gasteiger partial charge < -0.3 is 10.6 Å². The van der Waals surface area contributed by atoms with Gasteiger partial charge in [-0.2, -0.15) is 0 Å². The molecule has 3 heteroatoms. The molecule has 2 N–H and O–H groups in total. The summed E-state index contributed by atoms with van der Waals surface area (Å²) in [5.41, 5.74) is 2.16. The van der Waals surface area contributed by atoms with Crippen LogP contribution in [0, 0.1) is 0 Å². The average Bonchev–Trinajstić information content (AvgIpc) is 2.62. The Labute approximate surface area is 142 Å². The smallest absolute Gasteiger partial charge is 0.224 e. The molecule has 0 heterocycles. The lowest BCUT2D eigenvalue weighted by atomic mass is 10.0. The van der Waals surface area contributed by atoms with E-state index in [1.807, 2.05) is 48.5 Å². The molecule has 0 aliphatic carbocycles. The molecule has 0 atom stereocenters. The summed E-state index contributed by atoms with van der Waals surface area (Å²) < 4.78 is 0. The topological polar surface area (TPSA) is 41.1 Å². The number of hydrogen-bond acceptors (Lipinski definition) is 2. The third-order valence-corrected chi connectivity index (χ3v) is 3.96. The van der Waals surface area contributed by atoms with Crippen LogP contribution in [-0.2, 0) is 11.2 Å². The highest BCUT2D eigenvalue weighted by Gasteiger charge is 2.03. The molecule has 3 aromatic carbocycles. The monoisotopic (exact) mass is 318 g/mol. The molecule has 1 amide bonds. The van der Waals surface area contributed by atoms with Crippen LogP contribution in [0.3, 0.4) is 0 Å². The number of anilines is 1. The van der Waals surface area contributed by atoms with Crippen LogP contribution in [0.25, 0.3) is 10.8 Å². The first-order valence-electron chi connectivity index (χ1n) is 8.34. The maximum Gasteiger partial charge on any atom is 0.224 e. The molecule has 0 aromatic heterocycles. The third-order valence-electron chi connectivity index (χ3n) is 3.96. The standard InChI is InChI=1S/C21H22N2O/c24-21(23-14-6-13-22-20-9-2-1-3-10-20)16-17-11-12-18-7-4-5-8-19(18)15-17/h1-5,7-12,15,22H,6,13-14,16H2,(H,23,24). The van der Waals surface area contributed by atoms with Crippen molar-refractivity contribution in [1.82, 2.24) is 5.32 Å². The fourth-order valence-electron chi connectivity index (χ4n) is 2.70. The summed E-state index contributed by atoms with van der Waals surface area (Å²) in [7, 11) is 0. The van der Waals surface area contributed by atoms with E-state index in [2.05, 4.69) is 34.9 Å². The third kappa shape index (κ3) is 4.59. The number of benzene rings is 3. The van der Waals surface area contributed by atoms with Crippen LogP contribution in [0.1, 0.15) is 12.0 Å². The SMILES string of the molecule is O=C(Cc1ccc2ccccc2c1)NCCCNc1ccccc1. The van der Waals surface area contributed by atoms with E-state index < -0.39 is 0 Å². The molecule has 0 unspecified atom stereocenters. The van der Waals surface area contributed by atoms with E-state index in [1.165, 1.54) is 10.8 Å². The lowest BCUT2D eigenvalue weighted by molar-refractivity contribution is -0.120. The normalized spacial score (nSPS) is 10.5. The van der Waals surface area contributed by atoms with Crippen LogP contribution in [-0.4, -0.2) is 19.0 Å². The first kappa shape index (κ1) is 16.1. The van der Waals surface area contributed by atoms with Crippen molar-refractivity contribution in [2.45, 2.75) is 12.8 Å². The molecule has 0 saturated heterocycles. The Kier molecular flexibility index (Phi) is 5.46. The Bertz CT molecular complexity index is 799. The lowest BCUT2D eigenvalue weighted by Crippen LogP contribution is -2.27. The van der Waals surface area contributed by atoms with Crippen LogP contribution < -0.4 is 10.6 Å². The number of rotatable bonds is 7. The van der Waals surface area contributed by atoms with Crippen LogP contribution in [0.4, 0.5) is 5.69 Å². The molecule has 0 spiro atoms. The molecular formula is C21H22N2O. The zero-order valence-electron chi connectivity index (χ0n) is 13.7. The van der Waals surface area contributed by atoms with Gasteiger partial charge >= 0.3 is 0 Å². The average molecular weight is 318 g/mol. The maximum atomic E-state index is 12.1. The molecule has 24 heavy (non-hydrogen) atoms. The summed E-state index contributed by atoms with van der Waals surface area (Å²) >= 11 is 0. The van der Waals surface area contributed by atoms with Gasteiger partial charge in [-0.15, -0.1) is 0 Å². The van der Waals surface area contributed by atoms with Crippen molar-refractivity contribution in [3.05, 3.63) is 78.4 Å². The number of fused-ring (bicyclic) bond motifs is 1. The maximum absolute atomic E-state index is 12.1. The summed E-state index contributed by atoms with van der Waals surface area (Å²) in [6, 6.07) is 24.5. The van der Waals surface area contributed by atoms with Crippen molar-refractivity contribution in [2.24, 2.45) is 0 Å². The van der Waals surface area contributed by atoms with E-state index in [9.17, 15) is 4.79 Å². The van der Waals surface area contributed by atoms with Gasteiger partial charge in [0.2, 0.25) is 5.91 Å². The fraction of sp³-hybridized carbons (Fsp3) is 0.190. The van der Waals surface area contributed by atoms with Gasteiger partial charge in [0.15, 0.2) is 0 Å². The molecule has 3 nitrogen and oxygen atoms in total. The van der Waals surface area contributed by atoms with Crippen molar-refractivity contribution in [3.8, 4) is 0 Å². The summed E-state index contributed by atoms with van der Waals surface area (Å²) in [6.07, 6.45) is 1.33. The van der Waals surface area contributed by atoms with Gasteiger partial charge in [0.1, 0.15) is 0 Å². The second-order valence-corrected chi connectivity index (χ2v) is 5.85. The van der Waals surface area contributed by atoms with E-state index in [-0.39, 0.29) is 5.91 Å². The van der Waals surface area contributed by atoms with Gasteiger partial charge in [-0.1, -0.05) is 60.7 Å². The zero-order chi connectivity index (χ0) is 16.6. The summed E-state index contributed by atoms with van der Waals surface area (Å²) in [5, 5.41) is 8.70. The minimum atomic E-state index is 0.0741. The van der Waals surface area contributed by atoms with Gasteiger partial charge in [-0.25, -0.2) is 0 Å². The van der Waals surface area contributed by atoms with Crippen LogP contribution in [0.5, 0.6) is 0 Å². The highest BCUT2D eigenvalue weighted by Crippen LogP contribution is 2.15. The Morgan fingerprint density at radius 1 is 0.792 bits per heavy atom. The van der Waals surface area contributed by atoms with Crippen molar-refractivity contribution >= 4 is 22.4 Å². The molecular weight excluding hydrogens is 296 g/mol. The van der Waals surface area contributed by atoms with Gasteiger partial charge in [-0.3, -0.25) is 4.79 Å². The highest BCUT2D eigenvalue weighted by atomic mass is 16.1. The molecule has 0 radical (unpaired) electrons. The van der Waals surface area contributed by atoms with Gasteiger partial charge in [0.05, 0.1) is 6.42 Å². The molecule has 3 aromatic rings. The van der Waals surface area contributed by atoms with E-state index in [4.69, 9.17) is 0 Å². The second-order valence-electron chi connectivity index (χ2n) is 5.85. The molecule has 0 saturated carbocycles. The van der Waals surface area contributed by atoms with Crippen LogP contribution >= 0.6 is 0 Å². The number of hydrogen-bond donors (Lipinski definition) is 2. The Morgan fingerprint density at radius 3 is 2.38 bits per heavy atom. The van der Waals surface area contributed by atoms with Crippen molar-refractivity contribution < 1.29 is 4.79 Å². The van der Waals surface area contributed by atoms with Gasteiger partial charge in [-0.05, 0) is 34.9 Å². The Morgan fingerprint density at radius 2 is 1.54 bits per heavy atom. The van der Waals surface area contributed by atoms with Gasteiger partial charge in [0, 0.05) is 18.8 Å². The number of amides is 1. The summed E-state index contributed by atoms with van der Waals surface area (Å²) in [5.74, 6) is 0.0741. The van der Waals surface area contributed by atoms with Crippen LogP contribution in [0.15, 0.2) is 72.8 Å². The molecule has 0 bridgehead atoms. The Balaban J connectivity index is 1.40. The quantitative estimate of drug-likeness (QED) is 0.647. The fourth-order valence-corrected chi connectivity index (χ4v) is 2.70. The summed E-state index contributed by atoms with van der Waals surface area (Å²) in [4.78, 5) is 12.1. The first-order valence-corrected chi connectivity index (χ1v) is 8.34. The molecule has 0 aliphatic heterocycles. The van der Waals surface area contributed by atoms with Crippen molar-refractivity contribution in [2.75, 3.05) is 18.4 Å². The Hall–Kier alpha value is -2.81. The highest BCUT2D eigenvalue weighted by molar-refractivity contribution is 5.85. The molecule has 3 rings (SSSR count). The van der Waals surface area contributed by atoms with E-state index in [0.29, 0.717) is 13.0 Å². The van der Waals surface area contributed by atoms with E-state index in [1.54, 1.807) is 0 Å². The number of carbonyl (C=O) groups excluding carboxylic acids is 1. The largest absolute Gasteiger partial charge is 0.385 e. The minimum Gasteiger partial charge on any atom is -0.385 e. The van der Waals surface area contributed by atoms with Crippen LogP contribution in [0.2, 0.25) is 0 Å². The molecule has 122 valence electrons. The minimum absolute atomic E-state index is 0.0741. The number of nitrogens with one attached hydrogen (secondary N) is 2. The van der Waals surface area contributed by atoms with Gasteiger partial charge in [0.25, 0.3) is 0 Å². The number of carbonyl (C=O) groups is 1. The second kappa shape index (κ2) is 8.16. The van der Waals surface area contributed by atoms with Crippen molar-refractivity contribution in [3.63, 3.8) is 0 Å². The first-order chi connectivity index (χ1) is 11.8. The molecule has 0 fully saturated rings. The van der Waals surface area contributed by atoms with Crippen molar-refractivity contribution in [1.29, 1.82) is 0 Å². The van der Waals surface area contributed by atoms with E-state index in [0.717, 1.165) is 24.2 Å². The lowest BCUT2D eigenvalue weighted by Gasteiger charge is -2.08. The molecule has 0 aliphatic rings. The van der Waals surface area contributed by atoms with E-state index >= 15 is 0 Å².